The topological polar surface area (TPSA) is 21.3 Å². The van der Waals surface area contributed by atoms with Crippen molar-refractivity contribution >= 4 is 11.6 Å². The summed E-state index contributed by atoms with van der Waals surface area (Å²) in [4.78, 5) is 0. The molecule has 0 aliphatic carbocycles. The minimum absolute atomic E-state index is 0.712. The van der Waals surface area contributed by atoms with Gasteiger partial charge in [-0.05, 0) is 36.5 Å². The maximum atomic E-state index is 6.16. The molecular formula is C15H24ClNO. The summed E-state index contributed by atoms with van der Waals surface area (Å²) in [7, 11) is 0. The van der Waals surface area contributed by atoms with Crippen molar-refractivity contribution in [2.75, 3.05) is 19.8 Å². The second kappa shape index (κ2) is 8.52. The molecule has 0 unspecified atom stereocenters. The lowest BCUT2D eigenvalue weighted by atomic mass is 10.1. The van der Waals surface area contributed by atoms with Gasteiger partial charge in [0.05, 0.1) is 6.61 Å². The van der Waals surface area contributed by atoms with Gasteiger partial charge in [-0.1, -0.05) is 37.6 Å². The molecule has 0 saturated heterocycles. The third kappa shape index (κ3) is 6.39. The van der Waals surface area contributed by atoms with Crippen LogP contribution in [-0.4, -0.2) is 19.8 Å². The zero-order valence-electron chi connectivity index (χ0n) is 11.6. The fourth-order valence-electron chi connectivity index (χ4n) is 1.58. The van der Waals surface area contributed by atoms with Crippen molar-refractivity contribution in [3.63, 3.8) is 0 Å². The number of aryl methyl sites for hydroxylation is 1. The molecule has 0 bridgehead atoms. The van der Waals surface area contributed by atoms with E-state index >= 15 is 0 Å². The van der Waals surface area contributed by atoms with Gasteiger partial charge in [0, 0.05) is 24.7 Å². The Balaban J connectivity index is 2.11. The van der Waals surface area contributed by atoms with Crippen LogP contribution in [0.4, 0.5) is 0 Å². The molecule has 0 spiro atoms. The molecular weight excluding hydrogens is 246 g/mol. The number of benzene rings is 1. The molecule has 0 aliphatic heterocycles. The second-order valence-electron chi connectivity index (χ2n) is 5.07. The molecule has 1 N–H and O–H groups in total. The molecule has 1 aromatic carbocycles. The SMILES string of the molecule is Cc1ccc(CNCCOCCC(C)C)c(Cl)c1. The summed E-state index contributed by atoms with van der Waals surface area (Å²) in [6.45, 7) is 9.74. The first-order valence-electron chi connectivity index (χ1n) is 6.63. The molecule has 0 aromatic heterocycles. The molecule has 0 aliphatic rings. The molecule has 3 heteroatoms. The van der Waals surface area contributed by atoms with Gasteiger partial charge < -0.3 is 10.1 Å². The zero-order chi connectivity index (χ0) is 13.4. The summed E-state index contributed by atoms with van der Waals surface area (Å²) < 4.78 is 5.54. The molecule has 0 fully saturated rings. The molecule has 102 valence electrons. The highest BCUT2D eigenvalue weighted by atomic mass is 35.5. The van der Waals surface area contributed by atoms with E-state index in [1.165, 1.54) is 5.56 Å². The third-order valence-corrected chi connectivity index (χ3v) is 3.14. The van der Waals surface area contributed by atoms with E-state index in [9.17, 15) is 0 Å². The van der Waals surface area contributed by atoms with Gasteiger partial charge in [-0.15, -0.1) is 0 Å². The minimum Gasteiger partial charge on any atom is -0.380 e. The highest BCUT2D eigenvalue weighted by Crippen LogP contribution is 2.16. The zero-order valence-corrected chi connectivity index (χ0v) is 12.4. The van der Waals surface area contributed by atoms with Gasteiger partial charge in [0.1, 0.15) is 0 Å². The van der Waals surface area contributed by atoms with Crippen LogP contribution in [0.5, 0.6) is 0 Å². The van der Waals surface area contributed by atoms with E-state index in [0.29, 0.717) is 5.92 Å². The Morgan fingerprint density at radius 3 is 2.72 bits per heavy atom. The van der Waals surface area contributed by atoms with Crippen LogP contribution < -0.4 is 5.32 Å². The van der Waals surface area contributed by atoms with Crippen LogP contribution in [0, 0.1) is 12.8 Å². The van der Waals surface area contributed by atoms with Gasteiger partial charge in [0.15, 0.2) is 0 Å². The molecule has 0 saturated carbocycles. The molecule has 1 rings (SSSR count). The van der Waals surface area contributed by atoms with Gasteiger partial charge in [-0.2, -0.15) is 0 Å². The number of nitrogens with one attached hydrogen (secondary N) is 1. The summed E-state index contributed by atoms with van der Waals surface area (Å²) >= 11 is 6.16. The Morgan fingerprint density at radius 1 is 1.28 bits per heavy atom. The smallest absolute Gasteiger partial charge is 0.0591 e. The highest BCUT2D eigenvalue weighted by Gasteiger charge is 1.99. The van der Waals surface area contributed by atoms with Gasteiger partial charge in [0.2, 0.25) is 0 Å². The summed E-state index contributed by atoms with van der Waals surface area (Å²) in [5.74, 6) is 0.712. The molecule has 0 atom stereocenters. The van der Waals surface area contributed by atoms with E-state index in [1.807, 2.05) is 13.0 Å². The van der Waals surface area contributed by atoms with Crippen LogP contribution >= 0.6 is 11.6 Å². The summed E-state index contributed by atoms with van der Waals surface area (Å²) in [6.07, 6.45) is 1.13. The molecule has 18 heavy (non-hydrogen) atoms. The maximum Gasteiger partial charge on any atom is 0.0591 e. The van der Waals surface area contributed by atoms with Crippen molar-refractivity contribution in [2.24, 2.45) is 5.92 Å². The van der Waals surface area contributed by atoms with Crippen molar-refractivity contribution in [1.29, 1.82) is 0 Å². The first-order chi connectivity index (χ1) is 8.59. The van der Waals surface area contributed by atoms with E-state index in [0.717, 1.165) is 43.3 Å². The largest absolute Gasteiger partial charge is 0.380 e. The van der Waals surface area contributed by atoms with Gasteiger partial charge >= 0.3 is 0 Å². The fourth-order valence-corrected chi connectivity index (χ4v) is 1.89. The normalized spacial score (nSPS) is 11.2. The minimum atomic E-state index is 0.712. The first kappa shape index (κ1) is 15.5. The summed E-state index contributed by atoms with van der Waals surface area (Å²) in [5.41, 5.74) is 2.34. The Bertz CT molecular complexity index is 352. The van der Waals surface area contributed by atoms with Crippen molar-refractivity contribution in [1.82, 2.24) is 5.32 Å². The number of rotatable bonds is 8. The van der Waals surface area contributed by atoms with Gasteiger partial charge in [0.25, 0.3) is 0 Å². The maximum absolute atomic E-state index is 6.16. The van der Waals surface area contributed by atoms with E-state index in [-0.39, 0.29) is 0 Å². The standard InChI is InChI=1S/C15H24ClNO/c1-12(2)6-8-18-9-7-17-11-14-5-4-13(3)10-15(14)16/h4-5,10,12,17H,6-9,11H2,1-3H3. The average molecular weight is 270 g/mol. The Labute approximate surface area is 116 Å². The van der Waals surface area contributed by atoms with Gasteiger partial charge in [-0.3, -0.25) is 0 Å². The Kier molecular flexibility index (Phi) is 7.33. The summed E-state index contributed by atoms with van der Waals surface area (Å²) in [6, 6.07) is 6.16. The number of ether oxygens (including phenoxy) is 1. The lowest BCUT2D eigenvalue weighted by Gasteiger charge is -2.09. The molecule has 2 nitrogen and oxygen atoms in total. The lowest BCUT2D eigenvalue weighted by molar-refractivity contribution is 0.125. The van der Waals surface area contributed by atoms with Crippen molar-refractivity contribution in [3.8, 4) is 0 Å². The second-order valence-corrected chi connectivity index (χ2v) is 5.47. The van der Waals surface area contributed by atoms with Crippen LogP contribution in [-0.2, 0) is 11.3 Å². The summed E-state index contributed by atoms with van der Waals surface area (Å²) in [5, 5.41) is 4.18. The van der Waals surface area contributed by atoms with Crippen LogP contribution in [0.1, 0.15) is 31.4 Å². The Morgan fingerprint density at radius 2 is 2.06 bits per heavy atom. The molecule has 0 heterocycles. The van der Waals surface area contributed by atoms with E-state index < -0.39 is 0 Å². The van der Waals surface area contributed by atoms with Crippen LogP contribution in [0.3, 0.4) is 0 Å². The number of halogens is 1. The number of hydrogen-bond donors (Lipinski definition) is 1. The quantitative estimate of drug-likeness (QED) is 0.725. The predicted molar refractivity (Wildman–Crippen MR) is 78.2 cm³/mol. The Hall–Kier alpha value is -0.570. The van der Waals surface area contributed by atoms with E-state index in [2.05, 4.69) is 31.3 Å². The van der Waals surface area contributed by atoms with Crippen molar-refractivity contribution in [3.05, 3.63) is 34.3 Å². The van der Waals surface area contributed by atoms with Gasteiger partial charge in [-0.25, -0.2) is 0 Å². The predicted octanol–water partition coefficient (Wildman–Crippen LogP) is 3.80. The van der Waals surface area contributed by atoms with Crippen LogP contribution in [0.15, 0.2) is 18.2 Å². The fraction of sp³-hybridized carbons (Fsp3) is 0.600. The number of hydrogen-bond acceptors (Lipinski definition) is 2. The third-order valence-electron chi connectivity index (χ3n) is 2.79. The van der Waals surface area contributed by atoms with E-state index in [1.54, 1.807) is 0 Å². The van der Waals surface area contributed by atoms with Crippen molar-refractivity contribution in [2.45, 2.75) is 33.7 Å². The van der Waals surface area contributed by atoms with Crippen LogP contribution in [0.25, 0.3) is 0 Å². The van der Waals surface area contributed by atoms with E-state index in [4.69, 9.17) is 16.3 Å². The van der Waals surface area contributed by atoms with Crippen molar-refractivity contribution < 1.29 is 4.74 Å². The first-order valence-corrected chi connectivity index (χ1v) is 7.01. The lowest BCUT2D eigenvalue weighted by Crippen LogP contribution is -2.20. The monoisotopic (exact) mass is 269 g/mol. The molecule has 0 amide bonds. The van der Waals surface area contributed by atoms with Crippen LogP contribution in [0.2, 0.25) is 5.02 Å². The average Bonchev–Trinajstić information content (AvgIpc) is 2.30. The molecule has 1 aromatic rings. The molecule has 0 radical (unpaired) electrons. The highest BCUT2D eigenvalue weighted by molar-refractivity contribution is 6.31.